The number of cyclic esters (lactones) is 1. The summed E-state index contributed by atoms with van der Waals surface area (Å²) in [6.45, 7) is -0.410. The van der Waals surface area contributed by atoms with E-state index in [0.29, 0.717) is 35.3 Å². The molecular formula is C48H49N3O10. The summed E-state index contributed by atoms with van der Waals surface area (Å²) in [4.78, 5) is 62.3. The van der Waals surface area contributed by atoms with E-state index in [-0.39, 0.29) is 37.7 Å². The highest BCUT2D eigenvalue weighted by atomic mass is 16.6. The van der Waals surface area contributed by atoms with E-state index < -0.39 is 65.0 Å². The fraction of sp³-hybridized carbons (Fsp3) is 0.375. The maximum absolute atomic E-state index is 15.9. The molecular weight excluding hydrogens is 779 g/mol. The normalized spacial score (nSPS) is 25.4. The van der Waals surface area contributed by atoms with E-state index in [0.717, 1.165) is 36.1 Å². The van der Waals surface area contributed by atoms with Crippen LogP contribution in [0.2, 0.25) is 0 Å². The topological polar surface area (TPSA) is 178 Å². The van der Waals surface area contributed by atoms with Gasteiger partial charge >= 0.3 is 12.1 Å². The Bertz CT molecular complexity index is 2340. The molecule has 4 aromatic rings. The molecule has 3 aliphatic heterocycles. The molecule has 13 nitrogen and oxygen atoms in total. The number of carbonyl (C=O) groups excluding carboxylic acids is 4. The lowest BCUT2D eigenvalue weighted by atomic mass is 9.65. The number of nitrogens with zero attached hydrogens (tertiary/aromatic N) is 2. The second-order valence-electron chi connectivity index (χ2n) is 16.0. The molecule has 1 spiro atoms. The number of imide groups is 1. The average Bonchev–Trinajstić information content (AvgIpc) is 3.61. The molecule has 0 unspecified atom stereocenters. The Balaban J connectivity index is 1.42. The summed E-state index contributed by atoms with van der Waals surface area (Å²) < 4.78 is 23.0. The number of aliphatic hydroxyl groups excluding tert-OH is 1. The third-order valence-electron chi connectivity index (χ3n) is 12.4. The maximum Gasteiger partial charge on any atom is 0.421 e. The first-order valence-electron chi connectivity index (χ1n) is 20.7. The number of morpholine rings is 1. The van der Waals surface area contributed by atoms with Crippen molar-refractivity contribution in [2.45, 2.75) is 73.8 Å². The zero-order valence-corrected chi connectivity index (χ0v) is 33.9. The molecule has 0 bridgehead atoms. The smallest absolute Gasteiger partial charge is 0.421 e. The minimum absolute atomic E-state index is 0.0260. The van der Waals surface area contributed by atoms with Gasteiger partial charge in [-0.25, -0.2) is 9.69 Å². The predicted octanol–water partition coefficient (Wildman–Crippen LogP) is 5.43. The largest absolute Gasteiger partial charge is 0.491 e. The average molecular weight is 828 g/mol. The van der Waals surface area contributed by atoms with Crippen molar-refractivity contribution in [3.8, 4) is 17.6 Å². The Hall–Kier alpha value is -6.04. The second-order valence-corrected chi connectivity index (χ2v) is 16.0. The number of esters is 1. The summed E-state index contributed by atoms with van der Waals surface area (Å²) in [5.41, 5.74) is 5.79. The van der Waals surface area contributed by atoms with Crippen molar-refractivity contribution in [3.05, 3.63) is 131 Å². The van der Waals surface area contributed by atoms with Crippen LogP contribution in [0.25, 0.3) is 0 Å². The van der Waals surface area contributed by atoms with Gasteiger partial charge in [0.1, 0.15) is 42.1 Å². The van der Waals surface area contributed by atoms with Crippen LogP contribution in [0.5, 0.6) is 5.75 Å². The van der Waals surface area contributed by atoms with Gasteiger partial charge in [-0.2, -0.15) is 0 Å². The minimum atomic E-state index is -2.07. The second kappa shape index (κ2) is 17.5. The van der Waals surface area contributed by atoms with Gasteiger partial charge in [-0.05, 0) is 78.3 Å². The molecule has 3 amide bonds. The lowest BCUT2D eigenvalue weighted by Gasteiger charge is -2.46. The Morgan fingerprint density at radius 3 is 2.20 bits per heavy atom. The van der Waals surface area contributed by atoms with Crippen molar-refractivity contribution >= 4 is 29.6 Å². The van der Waals surface area contributed by atoms with Crippen LogP contribution in [0.1, 0.15) is 84.5 Å². The number of methoxy groups -OCH3 is 1. The Morgan fingerprint density at radius 1 is 0.836 bits per heavy atom. The fourth-order valence-corrected chi connectivity index (χ4v) is 9.84. The van der Waals surface area contributed by atoms with Crippen molar-refractivity contribution < 1.29 is 48.3 Å². The molecule has 2 saturated heterocycles. The molecule has 3 fully saturated rings. The molecule has 0 radical (unpaired) electrons. The number of ether oxygens (including phenoxy) is 4. The number of nitrogens with two attached hydrogens (primary N) is 1. The van der Waals surface area contributed by atoms with Crippen LogP contribution in [0, 0.1) is 17.8 Å². The molecule has 0 aromatic heterocycles. The van der Waals surface area contributed by atoms with E-state index in [4.69, 9.17) is 24.7 Å². The van der Waals surface area contributed by atoms with Gasteiger partial charge in [-0.3, -0.25) is 19.3 Å². The summed E-state index contributed by atoms with van der Waals surface area (Å²) in [5, 5.41) is 21.2. The molecule has 13 heteroatoms. The van der Waals surface area contributed by atoms with Gasteiger partial charge in [0.15, 0.2) is 0 Å². The van der Waals surface area contributed by atoms with Crippen molar-refractivity contribution in [2.75, 3.05) is 38.4 Å². The van der Waals surface area contributed by atoms with Gasteiger partial charge in [-0.15, -0.1) is 0 Å². The number of hydrogen-bond donors (Lipinski definition) is 3. The van der Waals surface area contributed by atoms with Crippen molar-refractivity contribution in [1.29, 1.82) is 0 Å². The molecule has 61 heavy (non-hydrogen) atoms. The molecule has 4 aliphatic rings. The number of benzene rings is 4. The first kappa shape index (κ1) is 41.7. The Labute approximate surface area is 354 Å². The molecule has 316 valence electrons. The van der Waals surface area contributed by atoms with Gasteiger partial charge in [0.2, 0.25) is 11.8 Å². The Morgan fingerprint density at radius 2 is 1.52 bits per heavy atom. The third-order valence-corrected chi connectivity index (χ3v) is 12.4. The minimum Gasteiger partial charge on any atom is -0.491 e. The molecule has 8 rings (SSSR count). The molecule has 1 saturated carbocycles. The van der Waals surface area contributed by atoms with Crippen LogP contribution >= 0.6 is 0 Å². The summed E-state index contributed by atoms with van der Waals surface area (Å²) in [6.07, 6.45) is 2.75. The lowest BCUT2D eigenvalue weighted by Crippen LogP contribution is -2.55. The number of fused-ring (bicyclic) bond motifs is 3. The summed E-state index contributed by atoms with van der Waals surface area (Å²) in [5.74, 6) is 2.44. The zero-order valence-electron chi connectivity index (χ0n) is 33.9. The zero-order chi connectivity index (χ0) is 42.7. The summed E-state index contributed by atoms with van der Waals surface area (Å²) in [7, 11) is 1.45. The molecule has 3 heterocycles. The quantitative estimate of drug-likeness (QED) is 0.0804. The van der Waals surface area contributed by atoms with E-state index >= 15 is 4.79 Å². The first-order chi connectivity index (χ1) is 29.6. The molecule has 6 atom stereocenters. The highest BCUT2D eigenvalue weighted by molar-refractivity contribution is 6.23. The first-order valence-corrected chi connectivity index (χ1v) is 20.7. The predicted molar refractivity (Wildman–Crippen MR) is 223 cm³/mol. The number of amides is 3. The summed E-state index contributed by atoms with van der Waals surface area (Å²) >= 11 is 0. The van der Waals surface area contributed by atoms with Crippen molar-refractivity contribution in [2.24, 2.45) is 11.7 Å². The van der Waals surface area contributed by atoms with E-state index in [9.17, 15) is 24.6 Å². The summed E-state index contributed by atoms with van der Waals surface area (Å²) in [6, 6.07) is 27.0. The van der Waals surface area contributed by atoms with Gasteiger partial charge in [0, 0.05) is 12.7 Å². The molecule has 4 N–H and O–H groups in total. The Kier molecular flexibility index (Phi) is 12.0. The SMILES string of the molecule is COCCOC(=O)N1C(=O)[C@@]2(c3cc(C#CC4(O)CCCCCC4)ccc31)[C@H](c1cccc(OCCO)c1)N1[C@H](c3ccccc3)[C@H](c3ccccc3)OC(=O)[C@H]1[C@@H]2C(N)=O. The van der Waals surface area contributed by atoms with Gasteiger partial charge in [0.25, 0.3) is 0 Å². The van der Waals surface area contributed by atoms with Gasteiger partial charge < -0.3 is 34.9 Å². The van der Waals surface area contributed by atoms with Crippen LogP contribution in [-0.2, 0) is 34.0 Å². The number of hydrogen-bond acceptors (Lipinski definition) is 11. The number of primary amides is 1. The number of anilines is 1. The van der Waals surface area contributed by atoms with E-state index in [1.54, 1.807) is 42.5 Å². The van der Waals surface area contributed by atoms with Crippen LogP contribution in [0.4, 0.5) is 10.5 Å². The van der Waals surface area contributed by atoms with Crippen molar-refractivity contribution in [1.82, 2.24) is 4.90 Å². The highest BCUT2D eigenvalue weighted by Crippen LogP contribution is 2.66. The van der Waals surface area contributed by atoms with E-state index in [2.05, 4.69) is 11.8 Å². The van der Waals surface area contributed by atoms with E-state index in [1.807, 2.05) is 65.6 Å². The highest BCUT2D eigenvalue weighted by Gasteiger charge is 2.75. The van der Waals surface area contributed by atoms with Crippen LogP contribution in [-0.4, -0.2) is 84.2 Å². The van der Waals surface area contributed by atoms with E-state index in [1.165, 1.54) is 7.11 Å². The monoisotopic (exact) mass is 827 g/mol. The number of rotatable bonds is 10. The lowest BCUT2D eigenvalue weighted by molar-refractivity contribution is -0.178. The molecule has 1 aliphatic carbocycles. The third kappa shape index (κ3) is 7.54. The van der Waals surface area contributed by atoms with Crippen LogP contribution < -0.4 is 15.4 Å². The molecule has 4 aromatic carbocycles. The van der Waals surface area contributed by atoms with Crippen LogP contribution in [0.15, 0.2) is 103 Å². The standard InChI is InChI=1S/C48H49N3O10/c1-58-27-28-60-46(56)50-37-20-19-31(21-24-47(57)22-10-2-3-11-23-47)29-36(37)48(45(50)55)38(43(49)53)40-44(54)61-41(33-15-8-5-9-16-33)39(32-13-6-4-7-14-32)51(40)42(48)34-17-12-18-35(30-34)59-26-25-52/h4-9,12-20,29-30,38-42,52,57H,2-3,10-11,22-23,25-28H2,1H3,(H2,49,53)/t38-,39-,40-,41+,42+,48-/m1/s1. The van der Waals surface area contributed by atoms with Gasteiger partial charge in [-0.1, -0.05) is 97.5 Å². The van der Waals surface area contributed by atoms with Crippen LogP contribution in [0.3, 0.4) is 0 Å². The van der Waals surface area contributed by atoms with Gasteiger partial charge in [0.05, 0.1) is 36.9 Å². The fourth-order valence-electron chi connectivity index (χ4n) is 9.84. The number of carbonyl (C=O) groups is 4. The number of aliphatic hydroxyl groups is 2. The van der Waals surface area contributed by atoms with Crippen molar-refractivity contribution in [3.63, 3.8) is 0 Å². The maximum atomic E-state index is 15.9.